The highest BCUT2D eigenvalue weighted by atomic mass is 79.9. The number of nitrogens with one attached hydrogen (secondary N) is 2. The first-order valence-electron chi connectivity index (χ1n) is 7.97. The van der Waals surface area contributed by atoms with Crippen molar-refractivity contribution in [2.45, 2.75) is 0 Å². The van der Waals surface area contributed by atoms with Crippen LogP contribution in [0.2, 0.25) is 0 Å². The molecule has 0 spiro atoms. The van der Waals surface area contributed by atoms with Gasteiger partial charge in [0.2, 0.25) is 0 Å². The summed E-state index contributed by atoms with van der Waals surface area (Å²) in [5, 5.41) is 16.9. The maximum atomic E-state index is 10.2. The number of phenolic OH excluding ortho intramolecular Hbond substituents is 1. The van der Waals surface area contributed by atoms with E-state index in [2.05, 4.69) is 47.5 Å². The van der Waals surface area contributed by atoms with Crippen LogP contribution in [0.1, 0.15) is 5.56 Å². The number of nitrogens with zero attached hydrogens (tertiary/aromatic N) is 1. The molecule has 0 aromatic heterocycles. The smallest absolute Gasteiger partial charge is 0.175 e. The molecule has 7 heteroatoms. The number of hydrogen-bond acceptors (Lipinski definition) is 3. The number of aromatic hydroxyl groups is 1. The lowest BCUT2D eigenvalue weighted by Crippen LogP contribution is -2.19. The quantitative estimate of drug-likeness (QED) is 0.281. The van der Waals surface area contributed by atoms with Crippen LogP contribution >= 0.6 is 44.1 Å². The molecule has 0 heterocycles. The predicted molar refractivity (Wildman–Crippen MR) is 123 cm³/mol. The number of hydrogen-bond donors (Lipinski definition) is 3. The van der Waals surface area contributed by atoms with Crippen molar-refractivity contribution in [1.82, 2.24) is 0 Å². The lowest BCUT2D eigenvalue weighted by Gasteiger charge is -2.12. The van der Waals surface area contributed by atoms with E-state index in [0.717, 1.165) is 15.8 Å². The van der Waals surface area contributed by atoms with E-state index in [0.29, 0.717) is 20.8 Å². The molecule has 0 saturated heterocycles. The Balaban J connectivity index is 1.79. The van der Waals surface area contributed by atoms with Gasteiger partial charge in [-0.05, 0) is 64.5 Å². The molecule has 0 unspecified atom stereocenters. The Bertz CT molecular complexity index is 994. The second-order valence-electron chi connectivity index (χ2n) is 5.55. The predicted octanol–water partition coefficient (Wildman–Crippen LogP) is 6.48. The number of phenols is 1. The third-order valence-corrected chi connectivity index (χ3v) is 4.85. The van der Waals surface area contributed by atoms with Gasteiger partial charge in [0.1, 0.15) is 5.75 Å². The minimum atomic E-state index is 0.133. The van der Waals surface area contributed by atoms with Crippen LogP contribution in [0.5, 0.6) is 5.75 Å². The van der Waals surface area contributed by atoms with Crippen molar-refractivity contribution in [2.75, 3.05) is 10.6 Å². The van der Waals surface area contributed by atoms with Gasteiger partial charge in [-0.1, -0.05) is 46.3 Å². The lowest BCUT2D eigenvalue weighted by atomic mass is 10.2. The maximum absolute atomic E-state index is 10.2. The number of para-hydroxylation sites is 3. The largest absolute Gasteiger partial charge is 0.506 e. The van der Waals surface area contributed by atoms with E-state index in [4.69, 9.17) is 12.2 Å². The number of anilines is 2. The summed E-state index contributed by atoms with van der Waals surface area (Å²) in [4.78, 5) is 4.50. The molecule has 0 radical (unpaired) electrons. The van der Waals surface area contributed by atoms with Gasteiger partial charge < -0.3 is 15.7 Å². The Hall–Kier alpha value is -2.22. The summed E-state index contributed by atoms with van der Waals surface area (Å²) >= 11 is 12.1. The molecular weight excluding hydrogens is 490 g/mol. The van der Waals surface area contributed by atoms with Gasteiger partial charge in [0.15, 0.2) is 5.11 Å². The van der Waals surface area contributed by atoms with Crippen molar-refractivity contribution < 1.29 is 5.11 Å². The van der Waals surface area contributed by atoms with Crippen molar-refractivity contribution in [2.24, 2.45) is 4.99 Å². The lowest BCUT2D eigenvalue weighted by molar-refractivity contribution is 0.471. The van der Waals surface area contributed by atoms with Gasteiger partial charge in [0, 0.05) is 21.9 Å². The number of benzene rings is 3. The van der Waals surface area contributed by atoms with Gasteiger partial charge in [-0.25, -0.2) is 0 Å². The summed E-state index contributed by atoms with van der Waals surface area (Å²) in [6, 6.07) is 20.8. The van der Waals surface area contributed by atoms with Gasteiger partial charge in [0.05, 0.1) is 15.8 Å². The molecule has 3 rings (SSSR count). The van der Waals surface area contributed by atoms with Crippen LogP contribution in [0.25, 0.3) is 0 Å². The fourth-order valence-electron chi connectivity index (χ4n) is 2.32. The molecule has 3 aromatic rings. The monoisotopic (exact) mass is 503 g/mol. The zero-order valence-corrected chi connectivity index (χ0v) is 18.0. The van der Waals surface area contributed by atoms with Gasteiger partial charge >= 0.3 is 0 Å². The van der Waals surface area contributed by atoms with Gasteiger partial charge in [0.25, 0.3) is 0 Å². The maximum Gasteiger partial charge on any atom is 0.175 e. The molecule has 0 aliphatic rings. The Kier molecular flexibility index (Phi) is 6.60. The highest BCUT2D eigenvalue weighted by molar-refractivity contribution is 9.11. The molecular formula is C20H15Br2N3OS. The van der Waals surface area contributed by atoms with Crippen LogP contribution < -0.4 is 10.6 Å². The third kappa shape index (κ3) is 5.38. The van der Waals surface area contributed by atoms with Crippen LogP contribution in [0.4, 0.5) is 17.1 Å². The first-order chi connectivity index (χ1) is 13.0. The zero-order valence-electron chi connectivity index (χ0n) is 14.0. The van der Waals surface area contributed by atoms with E-state index in [9.17, 15) is 5.11 Å². The van der Waals surface area contributed by atoms with Crippen molar-refractivity contribution in [1.29, 1.82) is 0 Å². The van der Waals surface area contributed by atoms with Crippen molar-refractivity contribution in [3.63, 3.8) is 0 Å². The highest BCUT2D eigenvalue weighted by Crippen LogP contribution is 2.31. The van der Waals surface area contributed by atoms with Gasteiger partial charge in [-0.15, -0.1) is 0 Å². The molecule has 0 amide bonds. The Morgan fingerprint density at radius 1 is 0.963 bits per heavy atom. The van der Waals surface area contributed by atoms with Gasteiger partial charge in [-0.3, -0.25) is 4.99 Å². The van der Waals surface area contributed by atoms with Crippen molar-refractivity contribution in [3.05, 3.63) is 81.2 Å². The Morgan fingerprint density at radius 2 is 1.67 bits per heavy atom. The minimum Gasteiger partial charge on any atom is -0.506 e. The summed E-state index contributed by atoms with van der Waals surface area (Å²) < 4.78 is 1.44. The van der Waals surface area contributed by atoms with E-state index < -0.39 is 0 Å². The molecule has 4 nitrogen and oxygen atoms in total. The van der Waals surface area contributed by atoms with E-state index in [1.807, 2.05) is 54.6 Å². The van der Waals surface area contributed by atoms with E-state index >= 15 is 0 Å². The number of thiocarbonyl (C=S) groups is 1. The Morgan fingerprint density at radius 3 is 2.44 bits per heavy atom. The fraction of sp³-hybridized carbons (Fsp3) is 0. The van der Waals surface area contributed by atoms with E-state index in [1.54, 1.807) is 18.3 Å². The van der Waals surface area contributed by atoms with Crippen LogP contribution in [0.3, 0.4) is 0 Å². The first kappa shape index (κ1) is 19.5. The van der Waals surface area contributed by atoms with E-state index in [-0.39, 0.29) is 5.75 Å². The fourth-order valence-corrected chi connectivity index (χ4v) is 3.81. The summed E-state index contributed by atoms with van der Waals surface area (Å²) in [6.45, 7) is 0. The summed E-state index contributed by atoms with van der Waals surface area (Å²) in [7, 11) is 0. The summed E-state index contributed by atoms with van der Waals surface area (Å²) in [6.07, 6.45) is 1.61. The molecule has 3 N–H and O–H groups in total. The number of rotatable bonds is 4. The minimum absolute atomic E-state index is 0.133. The number of aliphatic imine (C=N–C) groups is 1. The second kappa shape index (κ2) is 9.12. The first-order valence-corrected chi connectivity index (χ1v) is 9.96. The van der Waals surface area contributed by atoms with Crippen LogP contribution in [0.15, 0.2) is 80.7 Å². The SMILES string of the molecule is Oc1c(Br)cc(Br)cc1C=Nc1ccccc1NC(=S)Nc1ccccc1. The Labute approximate surface area is 179 Å². The molecule has 136 valence electrons. The average Bonchev–Trinajstić information content (AvgIpc) is 2.65. The molecule has 3 aromatic carbocycles. The molecule has 0 aliphatic heterocycles. The van der Waals surface area contributed by atoms with Crippen molar-refractivity contribution >= 4 is 72.5 Å². The van der Waals surface area contributed by atoms with E-state index in [1.165, 1.54) is 0 Å². The normalized spacial score (nSPS) is 10.7. The molecule has 0 saturated carbocycles. The van der Waals surface area contributed by atoms with Crippen LogP contribution in [-0.2, 0) is 0 Å². The molecule has 0 aliphatic carbocycles. The van der Waals surface area contributed by atoms with Crippen LogP contribution in [0, 0.1) is 0 Å². The standard InChI is InChI=1S/C20H15Br2N3OS/c21-14-10-13(19(26)16(22)11-14)12-23-17-8-4-5-9-18(17)25-20(27)24-15-6-2-1-3-7-15/h1-12,26H,(H2,24,25,27). The van der Waals surface area contributed by atoms with Crippen LogP contribution in [-0.4, -0.2) is 16.4 Å². The highest BCUT2D eigenvalue weighted by Gasteiger charge is 2.07. The van der Waals surface area contributed by atoms with Crippen molar-refractivity contribution in [3.8, 4) is 5.75 Å². The molecule has 27 heavy (non-hydrogen) atoms. The number of halogens is 2. The molecule has 0 fully saturated rings. The topological polar surface area (TPSA) is 56.7 Å². The third-order valence-electron chi connectivity index (χ3n) is 3.58. The van der Waals surface area contributed by atoms with Gasteiger partial charge in [-0.2, -0.15) is 0 Å². The summed E-state index contributed by atoms with van der Waals surface area (Å²) in [5.74, 6) is 0.133. The molecule has 0 atom stereocenters. The molecule has 0 bridgehead atoms. The zero-order chi connectivity index (χ0) is 19.2. The average molecular weight is 505 g/mol. The second-order valence-corrected chi connectivity index (χ2v) is 7.72. The summed E-state index contributed by atoms with van der Waals surface area (Å²) in [5.41, 5.74) is 2.96.